The summed E-state index contributed by atoms with van der Waals surface area (Å²) in [5.74, 6) is -1.19. The molecule has 1 fully saturated rings. The Kier molecular flexibility index (Phi) is 4.68. The molecule has 2 bridgehead atoms. The summed E-state index contributed by atoms with van der Waals surface area (Å²) in [4.78, 5) is 35.6. The lowest BCUT2D eigenvalue weighted by atomic mass is 9.91. The monoisotopic (exact) mass is 404 g/mol. The third-order valence-corrected chi connectivity index (χ3v) is 5.55. The minimum Gasteiger partial charge on any atom is -0.479 e. The van der Waals surface area contributed by atoms with E-state index in [2.05, 4.69) is 0 Å². The number of nitrogens with zero attached hydrogens (tertiary/aromatic N) is 2. The minimum absolute atomic E-state index is 0.0332. The first-order valence-corrected chi connectivity index (χ1v) is 9.99. The Morgan fingerprint density at radius 3 is 2.43 bits per heavy atom. The fourth-order valence-electron chi connectivity index (χ4n) is 3.49. The van der Waals surface area contributed by atoms with Gasteiger partial charge in [0, 0.05) is 0 Å². The van der Waals surface area contributed by atoms with E-state index in [0.717, 1.165) is 9.96 Å². The summed E-state index contributed by atoms with van der Waals surface area (Å²) >= 11 is 0. The molecule has 9 nitrogen and oxygen atoms in total. The van der Waals surface area contributed by atoms with Crippen LogP contribution < -0.4 is 0 Å². The molecule has 10 heteroatoms. The van der Waals surface area contributed by atoms with Crippen LogP contribution in [0.1, 0.15) is 28.8 Å². The molecular formula is C18H17N2O7P. The van der Waals surface area contributed by atoms with Crippen molar-refractivity contribution < 1.29 is 33.3 Å². The average Bonchev–Trinajstić information content (AvgIpc) is 2.94. The van der Waals surface area contributed by atoms with Crippen LogP contribution in [0.2, 0.25) is 0 Å². The van der Waals surface area contributed by atoms with Crippen molar-refractivity contribution in [3.8, 4) is 0 Å². The number of hydrogen-bond acceptors (Lipinski definition) is 5. The van der Waals surface area contributed by atoms with E-state index >= 15 is 0 Å². The molecule has 2 unspecified atom stereocenters. The predicted molar refractivity (Wildman–Crippen MR) is 95.6 cm³/mol. The second-order valence-corrected chi connectivity index (χ2v) is 7.81. The minimum atomic E-state index is -4.62. The number of benzene rings is 2. The van der Waals surface area contributed by atoms with Gasteiger partial charge >= 0.3 is 19.8 Å². The van der Waals surface area contributed by atoms with Crippen molar-refractivity contribution in [2.75, 3.05) is 6.54 Å². The third kappa shape index (κ3) is 3.29. The van der Waals surface area contributed by atoms with E-state index in [1.807, 2.05) is 0 Å². The largest absolute Gasteiger partial charge is 0.494 e. The number of rotatable bonds is 6. The molecule has 2 aromatic rings. The molecule has 0 aromatic heterocycles. The molecule has 2 heterocycles. The first-order chi connectivity index (χ1) is 13.4. The van der Waals surface area contributed by atoms with Gasteiger partial charge in [0.2, 0.25) is 0 Å². The van der Waals surface area contributed by atoms with Gasteiger partial charge in [0.05, 0.1) is 13.2 Å². The summed E-state index contributed by atoms with van der Waals surface area (Å²) < 4.78 is 22.5. The molecule has 2 N–H and O–H groups in total. The van der Waals surface area contributed by atoms with Gasteiger partial charge in [-0.25, -0.2) is 14.2 Å². The van der Waals surface area contributed by atoms with Gasteiger partial charge in [-0.3, -0.25) is 4.52 Å². The predicted octanol–water partition coefficient (Wildman–Crippen LogP) is 2.85. The summed E-state index contributed by atoms with van der Waals surface area (Å²) in [6.45, 7) is -0.148. The molecule has 2 amide bonds. The second-order valence-electron chi connectivity index (χ2n) is 6.46. The van der Waals surface area contributed by atoms with Gasteiger partial charge < -0.3 is 14.9 Å². The third-order valence-electron chi connectivity index (χ3n) is 4.71. The molecule has 3 atom stereocenters. The van der Waals surface area contributed by atoms with Crippen LogP contribution >= 0.6 is 7.82 Å². The van der Waals surface area contributed by atoms with E-state index in [4.69, 9.17) is 9.15 Å². The standard InChI is InChI=1S/C18H17N2O7P/c21-17(22)16-14-9-5-4-8-13(14)15-10-19(16)18(23)20(15)27-28(24,25)26-11-12-6-2-1-3-7-12/h1-9,15-16H,10-11H2,(H,21,22)(H,24,25)/t15-,16?/m0/s1. The lowest BCUT2D eigenvalue weighted by Gasteiger charge is -2.30. The molecule has 1 saturated heterocycles. The van der Waals surface area contributed by atoms with Crippen LogP contribution in [0.15, 0.2) is 54.6 Å². The van der Waals surface area contributed by atoms with Crippen molar-refractivity contribution in [3.63, 3.8) is 0 Å². The topological polar surface area (TPSA) is 117 Å². The maximum atomic E-state index is 12.7. The van der Waals surface area contributed by atoms with E-state index in [0.29, 0.717) is 16.7 Å². The number of fused-ring (bicyclic) bond motifs is 4. The molecule has 0 radical (unpaired) electrons. The first-order valence-electron chi connectivity index (χ1n) is 8.50. The Hall–Kier alpha value is -2.71. The van der Waals surface area contributed by atoms with Crippen LogP contribution in [0.25, 0.3) is 0 Å². The van der Waals surface area contributed by atoms with Crippen molar-refractivity contribution in [2.45, 2.75) is 18.7 Å². The van der Waals surface area contributed by atoms with Gasteiger partial charge in [0.25, 0.3) is 0 Å². The first kappa shape index (κ1) is 18.6. The van der Waals surface area contributed by atoms with E-state index < -0.39 is 31.9 Å². The zero-order valence-electron chi connectivity index (χ0n) is 14.5. The quantitative estimate of drug-likeness (QED) is 0.711. The number of aliphatic carboxylic acids is 1. The average molecular weight is 404 g/mol. The van der Waals surface area contributed by atoms with Gasteiger partial charge in [-0.1, -0.05) is 54.6 Å². The number of amides is 2. The number of urea groups is 1. The summed E-state index contributed by atoms with van der Waals surface area (Å²) in [6, 6.07) is 12.7. The number of phosphoric ester groups is 1. The molecule has 0 saturated carbocycles. The van der Waals surface area contributed by atoms with E-state index in [1.165, 1.54) is 0 Å². The Morgan fingerprint density at radius 2 is 1.75 bits per heavy atom. The Morgan fingerprint density at radius 1 is 1.11 bits per heavy atom. The number of hydroxylamine groups is 2. The van der Waals surface area contributed by atoms with Crippen LogP contribution in [0.5, 0.6) is 0 Å². The fraction of sp³-hybridized carbons (Fsp3) is 0.222. The van der Waals surface area contributed by atoms with Crippen molar-refractivity contribution in [1.29, 1.82) is 0 Å². The number of hydrogen-bond donors (Lipinski definition) is 2. The summed E-state index contributed by atoms with van der Waals surface area (Å²) in [5.41, 5.74) is 1.66. The normalized spacial score (nSPS) is 22.7. The summed E-state index contributed by atoms with van der Waals surface area (Å²) in [5, 5.41) is 10.3. The van der Waals surface area contributed by atoms with Crippen LogP contribution in [0.3, 0.4) is 0 Å². The molecule has 2 aliphatic rings. The summed E-state index contributed by atoms with van der Waals surface area (Å²) in [6.07, 6.45) is 0. The molecule has 2 aliphatic heterocycles. The Balaban J connectivity index is 1.57. The molecule has 2 aromatic carbocycles. The van der Waals surface area contributed by atoms with Gasteiger partial charge in [0.15, 0.2) is 6.04 Å². The van der Waals surface area contributed by atoms with E-state index in [9.17, 15) is 24.2 Å². The second kappa shape index (κ2) is 7.03. The van der Waals surface area contributed by atoms with E-state index in [-0.39, 0.29) is 13.2 Å². The highest BCUT2D eigenvalue weighted by Crippen LogP contribution is 2.51. The molecular weight excluding hydrogens is 387 g/mol. The maximum Gasteiger partial charge on any atom is 0.494 e. The Bertz CT molecular complexity index is 967. The highest BCUT2D eigenvalue weighted by Gasteiger charge is 2.52. The van der Waals surface area contributed by atoms with Crippen molar-refractivity contribution in [3.05, 3.63) is 71.3 Å². The highest BCUT2D eigenvalue weighted by molar-refractivity contribution is 7.47. The fourth-order valence-corrected chi connectivity index (χ4v) is 4.26. The van der Waals surface area contributed by atoms with Crippen LogP contribution in [-0.2, 0) is 25.1 Å². The SMILES string of the molecule is O=C(O)C1c2ccccc2[C@@H]2CN1C(=O)N2OP(=O)(O)OCc1ccccc1. The van der Waals surface area contributed by atoms with Crippen molar-refractivity contribution in [2.24, 2.45) is 0 Å². The van der Waals surface area contributed by atoms with Crippen molar-refractivity contribution in [1.82, 2.24) is 9.96 Å². The van der Waals surface area contributed by atoms with Crippen LogP contribution in [-0.4, -0.2) is 38.5 Å². The highest BCUT2D eigenvalue weighted by atomic mass is 31.2. The zero-order chi connectivity index (χ0) is 19.9. The molecule has 0 spiro atoms. The van der Waals surface area contributed by atoms with Crippen LogP contribution in [0.4, 0.5) is 4.79 Å². The smallest absolute Gasteiger partial charge is 0.479 e. The van der Waals surface area contributed by atoms with Crippen molar-refractivity contribution >= 4 is 19.8 Å². The zero-order valence-corrected chi connectivity index (χ0v) is 15.4. The molecule has 0 aliphatic carbocycles. The number of carbonyl (C=O) groups is 2. The lowest BCUT2D eigenvalue weighted by Crippen LogP contribution is -2.38. The van der Waals surface area contributed by atoms with E-state index in [1.54, 1.807) is 54.6 Å². The van der Waals surface area contributed by atoms with Gasteiger partial charge in [-0.05, 0) is 16.7 Å². The molecule has 28 heavy (non-hydrogen) atoms. The molecule has 146 valence electrons. The number of phosphoric acid groups is 1. The maximum absolute atomic E-state index is 12.7. The number of carboxylic acids is 1. The van der Waals surface area contributed by atoms with Gasteiger partial charge in [-0.15, -0.1) is 0 Å². The lowest BCUT2D eigenvalue weighted by molar-refractivity contribution is -0.142. The van der Waals surface area contributed by atoms with Crippen LogP contribution in [0, 0.1) is 0 Å². The molecule has 4 rings (SSSR count). The summed E-state index contributed by atoms with van der Waals surface area (Å²) in [7, 11) is -4.62. The number of carbonyl (C=O) groups excluding carboxylic acids is 1. The van der Waals surface area contributed by atoms with Gasteiger partial charge in [0.1, 0.15) is 6.04 Å². The Labute approximate surface area is 160 Å². The van der Waals surface area contributed by atoms with Gasteiger partial charge in [-0.2, -0.15) is 9.69 Å². The number of carboxylic acid groups (broad SMARTS) is 1.